The molecule has 0 fully saturated rings. The van der Waals surface area contributed by atoms with Gasteiger partial charge >= 0.3 is 0 Å². The van der Waals surface area contributed by atoms with Gasteiger partial charge in [0.25, 0.3) is 0 Å². The van der Waals surface area contributed by atoms with Crippen LogP contribution in [0.5, 0.6) is 0 Å². The Balaban J connectivity index is 1.62. The first-order chi connectivity index (χ1) is 13.0. The van der Waals surface area contributed by atoms with Gasteiger partial charge in [0.15, 0.2) is 11.6 Å². The molecule has 0 bridgehead atoms. The number of benzene rings is 3. The van der Waals surface area contributed by atoms with Crippen molar-refractivity contribution >= 4 is 11.6 Å². The van der Waals surface area contributed by atoms with E-state index in [9.17, 15) is 9.59 Å². The Kier molecular flexibility index (Phi) is 5.97. The highest BCUT2D eigenvalue weighted by atomic mass is 16.1. The Labute approximate surface area is 160 Å². The third-order valence-corrected chi connectivity index (χ3v) is 4.84. The van der Waals surface area contributed by atoms with Gasteiger partial charge in [-0.05, 0) is 42.0 Å². The largest absolute Gasteiger partial charge is 0.295 e. The number of hydrogen-bond donors (Lipinski definition) is 0. The second-order valence-corrected chi connectivity index (χ2v) is 6.90. The molecule has 0 spiro atoms. The topological polar surface area (TPSA) is 34.1 Å². The fourth-order valence-electron chi connectivity index (χ4n) is 3.08. The summed E-state index contributed by atoms with van der Waals surface area (Å²) in [6.45, 7) is 3.68. The van der Waals surface area contributed by atoms with Gasteiger partial charge in [-0.25, -0.2) is 0 Å². The zero-order chi connectivity index (χ0) is 19.2. The Morgan fingerprint density at radius 3 is 1.56 bits per heavy atom. The molecule has 0 N–H and O–H groups in total. The van der Waals surface area contributed by atoms with Crippen LogP contribution in [0.2, 0.25) is 0 Å². The van der Waals surface area contributed by atoms with E-state index in [-0.39, 0.29) is 11.6 Å². The highest BCUT2D eigenvalue weighted by molar-refractivity contribution is 5.99. The molecule has 0 unspecified atom stereocenters. The molecule has 3 aromatic carbocycles. The van der Waals surface area contributed by atoms with Gasteiger partial charge in [0, 0.05) is 17.5 Å². The SMILES string of the molecule is CCc1ccc(Cc2ccc(CC(=O)c3ccc(C(C)=O)cc3)cc2)cc1. The van der Waals surface area contributed by atoms with Crippen molar-refractivity contribution in [1.82, 2.24) is 0 Å². The Bertz CT molecular complexity index is 918. The Morgan fingerprint density at radius 2 is 1.07 bits per heavy atom. The minimum atomic E-state index is 0.00826. The molecule has 0 aliphatic carbocycles. The van der Waals surface area contributed by atoms with Gasteiger partial charge in [-0.2, -0.15) is 0 Å². The average molecular weight is 356 g/mol. The van der Waals surface area contributed by atoms with Crippen molar-refractivity contribution in [2.24, 2.45) is 0 Å². The second-order valence-electron chi connectivity index (χ2n) is 6.90. The fourth-order valence-corrected chi connectivity index (χ4v) is 3.08. The predicted molar refractivity (Wildman–Crippen MR) is 110 cm³/mol. The lowest BCUT2D eigenvalue weighted by Gasteiger charge is -2.06. The Hall–Kier alpha value is -3.00. The number of aryl methyl sites for hydroxylation is 1. The summed E-state index contributed by atoms with van der Waals surface area (Å²) in [7, 11) is 0. The zero-order valence-electron chi connectivity index (χ0n) is 15.9. The average Bonchev–Trinajstić information content (AvgIpc) is 2.70. The molecule has 0 aliphatic rings. The van der Waals surface area contributed by atoms with Crippen molar-refractivity contribution in [3.05, 3.63) is 106 Å². The van der Waals surface area contributed by atoms with Crippen LogP contribution in [0.15, 0.2) is 72.8 Å². The third kappa shape index (κ3) is 5.01. The molecule has 136 valence electrons. The molecule has 0 radical (unpaired) electrons. The maximum absolute atomic E-state index is 12.4. The van der Waals surface area contributed by atoms with Crippen LogP contribution in [0.25, 0.3) is 0 Å². The van der Waals surface area contributed by atoms with Crippen LogP contribution in [-0.4, -0.2) is 11.6 Å². The first kappa shape index (κ1) is 18.8. The van der Waals surface area contributed by atoms with E-state index in [1.807, 2.05) is 12.1 Å². The van der Waals surface area contributed by atoms with Gasteiger partial charge in [-0.3, -0.25) is 9.59 Å². The van der Waals surface area contributed by atoms with Crippen molar-refractivity contribution in [2.45, 2.75) is 33.1 Å². The van der Waals surface area contributed by atoms with E-state index in [0.717, 1.165) is 18.4 Å². The molecule has 3 rings (SSSR count). The van der Waals surface area contributed by atoms with Gasteiger partial charge in [0.05, 0.1) is 0 Å². The van der Waals surface area contributed by atoms with Gasteiger partial charge in [-0.15, -0.1) is 0 Å². The number of rotatable bonds is 7. The van der Waals surface area contributed by atoms with Crippen LogP contribution in [-0.2, 0) is 19.3 Å². The van der Waals surface area contributed by atoms with Crippen molar-refractivity contribution < 1.29 is 9.59 Å². The maximum Gasteiger partial charge on any atom is 0.167 e. The van der Waals surface area contributed by atoms with Gasteiger partial charge in [-0.1, -0.05) is 79.7 Å². The number of carbonyl (C=O) groups excluding carboxylic acids is 2. The first-order valence-electron chi connectivity index (χ1n) is 9.35. The summed E-state index contributed by atoms with van der Waals surface area (Å²) >= 11 is 0. The molecule has 0 aliphatic heterocycles. The van der Waals surface area contributed by atoms with E-state index in [4.69, 9.17) is 0 Å². The fraction of sp³-hybridized carbons (Fsp3) is 0.200. The van der Waals surface area contributed by atoms with Crippen molar-refractivity contribution in [3.63, 3.8) is 0 Å². The summed E-state index contributed by atoms with van der Waals surface area (Å²) in [5.41, 5.74) is 6.15. The summed E-state index contributed by atoms with van der Waals surface area (Å²) in [5, 5.41) is 0. The first-order valence-corrected chi connectivity index (χ1v) is 9.35. The lowest BCUT2D eigenvalue weighted by Crippen LogP contribution is -2.04. The molecule has 0 amide bonds. The van der Waals surface area contributed by atoms with Gasteiger partial charge < -0.3 is 0 Å². The molecule has 27 heavy (non-hydrogen) atoms. The molecule has 2 heteroatoms. The molecule has 0 saturated heterocycles. The minimum absolute atomic E-state index is 0.00826. The standard InChI is InChI=1S/C25H24O2/c1-3-19-4-6-20(7-5-19)16-21-8-10-22(11-9-21)17-25(27)24-14-12-23(13-15-24)18(2)26/h4-15H,3,16-17H2,1-2H3. The molecule has 2 nitrogen and oxygen atoms in total. The summed E-state index contributed by atoms with van der Waals surface area (Å²) < 4.78 is 0. The van der Waals surface area contributed by atoms with Crippen LogP contribution in [0.4, 0.5) is 0 Å². The van der Waals surface area contributed by atoms with E-state index in [2.05, 4.69) is 43.3 Å². The normalized spacial score (nSPS) is 10.6. The van der Waals surface area contributed by atoms with Crippen molar-refractivity contribution in [3.8, 4) is 0 Å². The molecule has 3 aromatic rings. The minimum Gasteiger partial charge on any atom is -0.295 e. The van der Waals surface area contributed by atoms with Crippen LogP contribution in [0.3, 0.4) is 0 Å². The molecule has 0 heterocycles. The summed E-state index contributed by atoms with van der Waals surface area (Å²) in [6, 6.07) is 23.8. The molecular weight excluding hydrogens is 332 g/mol. The number of Topliss-reactive ketones (excluding diaryl/α,β-unsaturated/α-hetero) is 2. The summed E-state index contributed by atoms with van der Waals surface area (Å²) in [4.78, 5) is 23.8. The van der Waals surface area contributed by atoms with E-state index < -0.39 is 0 Å². The molecule has 0 aromatic heterocycles. The molecule has 0 saturated carbocycles. The maximum atomic E-state index is 12.4. The molecule has 0 atom stereocenters. The zero-order valence-corrected chi connectivity index (χ0v) is 15.9. The van der Waals surface area contributed by atoms with Gasteiger partial charge in [0.2, 0.25) is 0 Å². The van der Waals surface area contributed by atoms with E-state index in [1.54, 1.807) is 24.3 Å². The summed E-state index contributed by atoms with van der Waals surface area (Å²) in [5.74, 6) is 0.0712. The summed E-state index contributed by atoms with van der Waals surface area (Å²) in [6.07, 6.45) is 2.32. The highest BCUT2D eigenvalue weighted by Gasteiger charge is 2.08. The Morgan fingerprint density at radius 1 is 0.630 bits per heavy atom. The number of ketones is 2. The highest BCUT2D eigenvalue weighted by Crippen LogP contribution is 2.14. The van der Waals surface area contributed by atoms with Gasteiger partial charge in [0.1, 0.15) is 0 Å². The van der Waals surface area contributed by atoms with Crippen LogP contribution >= 0.6 is 0 Å². The predicted octanol–water partition coefficient (Wildman–Crippen LogP) is 5.47. The van der Waals surface area contributed by atoms with E-state index >= 15 is 0 Å². The third-order valence-electron chi connectivity index (χ3n) is 4.84. The van der Waals surface area contributed by atoms with E-state index in [1.165, 1.54) is 23.6 Å². The van der Waals surface area contributed by atoms with Crippen molar-refractivity contribution in [1.29, 1.82) is 0 Å². The van der Waals surface area contributed by atoms with Crippen molar-refractivity contribution in [2.75, 3.05) is 0 Å². The molecular formula is C25H24O2. The smallest absolute Gasteiger partial charge is 0.167 e. The number of carbonyl (C=O) groups is 2. The quantitative estimate of drug-likeness (QED) is 0.526. The lowest BCUT2D eigenvalue weighted by atomic mass is 9.98. The monoisotopic (exact) mass is 356 g/mol. The lowest BCUT2D eigenvalue weighted by molar-refractivity contribution is 0.0987. The number of hydrogen-bond acceptors (Lipinski definition) is 2. The van der Waals surface area contributed by atoms with E-state index in [0.29, 0.717) is 17.5 Å². The van der Waals surface area contributed by atoms with Crippen LogP contribution < -0.4 is 0 Å². The van der Waals surface area contributed by atoms with Crippen LogP contribution in [0.1, 0.15) is 56.8 Å². The second kappa shape index (κ2) is 8.59. The van der Waals surface area contributed by atoms with Crippen LogP contribution in [0, 0.1) is 0 Å².